The lowest BCUT2D eigenvalue weighted by atomic mass is 10.2. The second-order valence-electron chi connectivity index (χ2n) is 3.28. The molecule has 0 amide bonds. The van der Waals surface area contributed by atoms with Crippen molar-refractivity contribution in [3.63, 3.8) is 0 Å². The van der Waals surface area contributed by atoms with E-state index in [2.05, 4.69) is 9.97 Å². The molecule has 1 aromatic heterocycles. The van der Waals surface area contributed by atoms with Gasteiger partial charge in [0.2, 0.25) is 0 Å². The first-order chi connectivity index (χ1) is 7.66. The quantitative estimate of drug-likeness (QED) is 0.833. The van der Waals surface area contributed by atoms with E-state index in [1.54, 1.807) is 18.6 Å². The van der Waals surface area contributed by atoms with Crippen LogP contribution in [-0.4, -0.2) is 9.97 Å². The Kier molecular flexibility index (Phi) is 3.31. The van der Waals surface area contributed by atoms with E-state index in [-0.39, 0.29) is 0 Å². The second-order valence-corrected chi connectivity index (χ2v) is 4.75. The normalized spacial score (nSPS) is 10.4. The van der Waals surface area contributed by atoms with Gasteiger partial charge in [-0.2, -0.15) is 0 Å². The van der Waals surface area contributed by atoms with E-state index in [1.165, 1.54) is 11.8 Å². The summed E-state index contributed by atoms with van der Waals surface area (Å²) >= 11 is 7.50. The van der Waals surface area contributed by atoms with Crippen molar-refractivity contribution in [3.05, 3.63) is 41.3 Å². The molecule has 82 valence electrons. The molecule has 0 radical (unpaired) electrons. The van der Waals surface area contributed by atoms with E-state index in [9.17, 15) is 0 Å². The molecule has 3 nitrogen and oxygen atoms in total. The number of aryl methyl sites for hydroxylation is 1. The molecule has 0 fully saturated rings. The van der Waals surface area contributed by atoms with E-state index in [4.69, 9.17) is 17.3 Å². The van der Waals surface area contributed by atoms with Gasteiger partial charge < -0.3 is 5.73 Å². The maximum atomic E-state index is 5.98. The highest BCUT2D eigenvalue weighted by atomic mass is 35.5. The zero-order valence-electron chi connectivity index (χ0n) is 8.64. The maximum Gasteiger partial charge on any atom is 0.119 e. The van der Waals surface area contributed by atoms with Crippen LogP contribution in [0, 0.1) is 6.92 Å². The Labute approximate surface area is 103 Å². The number of anilines is 1. The molecule has 0 aliphatic heterocycles. The first-order valence-corrected chi connectivity index (χ1v) is 5.86. The van der Waals surface area contributed by atoms with Crippen LogP contribution >= 0.6 is 23.4 Å². The van der Waals surface area contributed by atoms with Crippen LogP contribution in [0.5, 0.6) is 0 Å². The Bertz CT molecular complexity index is 502. The predicted molar refractivity (Wildman–Crippen MR) is 66.8 cm³/mol. The van der Waals surface area contributed by atoms with Gasteiger partial charge in [-0.3, -0.25) is 4.98 Å². The van der Waals surface area contributed by atoms with E-state index >= 15 is 0 Å². The fraction of sp³-hybridized carbons (Fsp3) is 0.0909. The van der Waals surface area contributed by atoms with Gasteiger partial charge in [0.15, 0.2) is 0 Å². The Morgan fingerprint density at radius 1 is 1.31 bits per heavy atom. The Hall–Kier alpha value is -1.26. The lowest BCUT2D eigenvalue weighted by Crippen LogP contribution is -1.90. The highest BCUT2D eigenvalue weighted by molar-refractivity contribution is 7.99. The van der Waals surface area contributed by atoms with Crippen LogP contribution in [0.25, 0.3) is 0 Å². The molecular formula is C11H10ClN3S. The monoisotopic (exact) mass is 251 g/mol. The van der Waals surface area contributed by atoms with E-state index in [1.807, 2.05) is 19.1 Å². The van der Waals surface area contributed by atoms with Crippen molar-refractivity contribution < 1.29 is 0 Å². The maximum absolute atomic E-state index is 5.98. The van der Waals surface area contributed by atoms with Gasteiger partial charge in [-0.1, -0.05) is 23.4 Å². The lowest BCUT2D eigenvalue weighted by Gasteiger charge is -2.07. The molecule has 2 N–H and O–H groups in total. The molecular weight excluding hydrogens is 242 g/mol. The van der Waals surface area contributed by atoms with Gasteiger partial charge in [-0.15, -0.1) is 0 Å². The standard InChI is InChI=1S/C11H10ClN3S/c1-7-4-9(13)8(12)5-10(7)16-11-6-14-2-3-15-11/h2-6H,13H2,1H3. The fourth-order valence-electron chi connectivity index (χ4n) is 1.25. The minimum atomic E-state index is 0.567. The van der Waals surface area contributed by atoms with Crippen LogP contribution in [0.4, 0.5) is 5.69 Å². The number of halogens is 1. The van der Waals surface area contributed by atoms with Crippen LogP contribution < -0.4 is 5.73 Å². The number of hydrogen-bond donors (Lipinski definition) is 1. The van der Waals surface area contributed by atoms with Gasteiger partial charge in [0.1, 0.15) is 5.03 Å². The van der Waals surface area contributed by atoms with Crippen molar-refractivity contribution in [1.82, 2.24) is 9.97 Å². The summed E-state index contributed by atoms with van der Waals surface area (Å²) in [5.74, 6) is 0. The Balaban J connectivity index is 2.32. The van der Waals surface area contributed by atoms with E-state index in [0.717, 1.165) is 15.5 Å². The van der Waals surface area contributed by atoms with Gasteiger partial charge in [0, 0.05) is 17.3 Å². The van der Waals surface area contributed by atoms with Gasteiger partial charge >= 0.3 is 0 Å². The third-order valence-corrected chi connectivity index (χ3v) is 3.46. The summed E-state index contributed by atoms with van der Waals surface area (Å²) in [5.41, 5.74) is 7.39. The summed E-state index contributed by atoms with van der Waals surface area (Å²) < 4.78 is 0. The molecule has 0 saturated heterocycles. The molecule has 0 saturated carbocycles. The summed E-state index contributed by atoms with van der Waals surface area (Å²) in [6.45, 7) is 1.99. The number of hydrogen-bond acceptors (Lipinski definition) is 4. The number of aromatic nitrogens is 2. The molecule has 0 atom stereocenters. The zero-order valence-corrected chi connectivity index (χ0v) is 10.2. The number of nitrogens with two attached hydrogens (primary N) is 1. The smallest absolute Gasteiger partial charge is 0.119 e. The second kappa shape index (κ2) is 4.72. The largest absolute Gasteiger partial charge is 0.398 e. The topological polar surface area (TPSA) is 51.8 Å². The first-order valence-electron chi connectivity index (χ1n) is 4.66. The Morgan fingerprint density at radius 2 is 2.12 bits per heavy atom. The highest BCUT2D eigenvalue weighted by Gasteiger charge is 2.06. The van der Waals surface area contributed by atoms with E-state index < -0.39 is 0 Å². The number of nitrogens with zero attached hydrogens (tertiary/aromatic N) is 2. The van der Waals surface area contributed by atoms with Crippen molar-refractivity contribution in [2.24, 2.45) is 0 Å². The van der Waals surface area contributed by atoms with Crippen LogP contribution in [0.15, 0.2) is 40.6 Å². The minimum Gasteiger partial charge on any atom is -0.398 e. The molecule has 2 aromatic rings. The van der Waals surface area contributed by atoms with Crippen molar-refractivity contribution in [1.29, 1.82) is 0 Å². The first kappa shape index (κ1) is 11.2. The van der Waals surface area contributed by atoms with Crippen molar-refractivity contribution in [2.75, 3.05) is 5.73 Å². The third kappa shape index (κ3) is 2.46. The minimum absolute atomic E-state index is 0.567. The van der Waals surface area contributed by atoms with Crippen molar-refractivity contribution in [3.8, 4) is 0 Å². The SMILES string of the molecule is Cc1cc(N)c(Cl)cc1Sc1cnccn1. The highest BCUT2D eigenvalue weighted by Crippen LogP contribution is 2.33. The lowest BCUT2D eigenvalue weighted by molar-refractivity contribution is 1.05. The van der Waals surface area contributed by atoms with Crippen LogP contribution in [-0.2, 0) is 0 Å². The van der Waals surface area contributed by atoms with E-state index in [0.29, 0.717) is 10.7 Å². The number of rotatable bonds is 2. The molecule has 16 heavy (non-hydrogen) atoms. The Morgan fingerprint density at radius 3 is 2.81 bits per heavy atom. The molecule has 1 heterocycles. The zero-order chi connectivity index (χ0) is 11.5. The number of benzene rings is 1. The summed E-state index contributed by atoms with van der Waals surface area (Å²) in [4.78, 5) is 9.24. The van der Waals surface area contributed by atoms with Crippen LogP contribution in [0.1, 0.15) is 5.56 Å². The third-order valence-electron chi connectivity index (χ3n) is 2.05. The number of nitrogen functional groups attached to an aromatic ring is 1. The van der Waals surface area contributed by atoms with Gasteiger partial charge in [0.05, 0.1) is 16.9 Å². The van der Waals surface area contributed by atoms with Crippen LogP contribution in [0.3, 0.4) is 0 Å². The average molecular weight is 252 g/mol. The van der Waals surface area contributed by atoms with Crippen molar-refractivity contribution >= 4 is 29.1 Å². The molecule has 0 bridgehead atoms. The van der Waals surface area contributed by atoms with Gasteiger partial charge in [-0.25, -0.2) is 4.98 Å². The molecule has 0 unspecified atom stereocenters. The molecule has 2 rings (SSSR count). The molecule has 0 aliphatic rings. The van der Waals surface area contributed by atoms with Crippen LogP contribution in [0.2, 0.25) is 5.02 Å². The molecule has 0 spiro atoms. The molecule has 0 aliphatic carbocycles. The molecule has 5 heteroatoms. The van der Waals surface area contributed by atoms with Gasteiger partial charge in [0.25, 0.3) is 0 Å². The molecule has 1 aromatic carbocycles. The van der Waals surface area contributed by atoms with Crippen molar-refractivity contribution in [2.45, 2.75) is 16.8 Å². The van der Waals surface area contributed by atoms with Gasteiger partial charge in [-0.05, 0) is 24.6 Å². The average Bonchev–Trinajstić information content (AvgIpc) is 2.27. The predicted octanol–water partition coefficient (Wildman–Crippen LogP) is 3.17. The summed E-state index contributed by atoms with van der Waals surface area (Å²) in [7, 11) is 0. The fourth-order valence-corrected chi connectivity index (χ4v) is 2.32. The summed E-state index contributed by atoms with van der Waals surface area (Å²) in [6.07, 6.45) is 5.03. The summed E-state index contributed by atoms with van der Waals surface area (Å²) in [5, 5.41) is 1.41. The summed E-state index contributed by atoms with van der Waals surface area (Å²) in [6, 6.07) is 3.71.